The first kappa shape index (κ1) is 20.6. The van der Waals surface area contributed by atoms with Gasteiger partial charge >= 0.3 is 0 Å². The van der Waals surface area contributed by atoms with E-state index in [9.17, 15) is 9.59 Å². The minimum absolute atomic E-state index is 0.141. The number of hydrogen-bond donors (Lipinski definition) is 1. The standard InChI is InChI=1S/C23H19ClN4O3/c1-2-13-28-23(30)19-6-4-3-5-18(19)21(27-28)22(29)26-25-14-17-11-12-20(31-17)15-7-9-16(24)10-8-15/h3-12,14H,2,13H2,1H3,(H,26,29)/b25-14+. The Bertz CT molecular complexity index is 1320. The molecule has 31 heavy (non-hydrogen) atoms. The second-order valence-corrected chi connectivity index (χ2v) is 7.27. The van der Waals surface area contributed by atoms with Crippen LogP contribution < -0.4 is 11.0 Å². The molecule has 0 unspecified atom stereocenters. The fraction of sp³-hybridized carbons (Fsp3) is 0.130. The predicted octanol–water partition coefficient (Wildman–Crippen LogP) is 4.48. The van der Waals surface area contributed by atoms with Crippen molar-refractivity contribution in [1.82, 2.24) is 15.2 Å². The van der Waals surface area contributed by atoms with Gasteiger partial charge in [-0.1, -0.05) is 36.7 Å². The minimum atomic E-state index is -0.512. The number of benzene rings is 2. The molecule has 4 rings (SSSR count). The highest BCUT2D eigenvalue weighted by molar-refractivity contribution is 6.30. The third kappa shape index (κ3) is 4.41. The van der Waals surface area contributed by atoms with Crippen LogP contribution in [0.3, 0.4) is 0 Å². The van der Waals surface area contributed by atoms with Gasteiger partial charge in [0.05, 0.1) is 11.6 Å². The van der Waals surface area contributed by atoms with E-state index in [2.05, 4.69) is 15.6 Å². The van der Waals surface area contributed by atoms with Gasteiger partial charge in [0.2, 0.25) is 0 Å². The van der Waals surface area contributed by atoms with Gasteiger partial charge in [-0.2, -0.15) is 10.2 Å². The van der Waals surface area contributed by atoms with Crippen molar-refractivity contribution in [1.29, 1.82) is 0 Å². The highest BCUT2D eigenvalue weighted by Gasteiger charge is 2.16. The maximum Gasteiger partial charge on any atom is 0.292 e. The van der Waals surface area contributed by atoms with Gasteiger partial charge in [0, 0.05) is 22.5 Å². The van der Waals surface area contributed by atoms with Crippen LogP contribution in [0.4, 0.5) is 0 Å². The monoisotopic (exact) mass is 434 g/mol. The van der Waals surface area contributed by atoms with Crippen LogP contribution in [0.15, 0.2) is 75.0 Å². The van der Waals surface area contributed by atoms with Crippen LogP contribution in [0.5, 0.6) is 0 Å². The zero-order valence-corrected chi connectivity index (χ0v) is 17.5. The normalized spacial score (nSPS) is 11.3. The van der Waals surface area contributed by atoms with Crippen molar-refractivity contribution in [2.24, 2.45) is 5.10 Å². The molecule has 2 aromatic carbocycles. The summed E-state index contributed by atoms with van der Waals surface area (Å²) >= 11 is 5.91. The van der Waals surface area contributed by atoms with Crippen molar-refractivity contribution in [3.8, 4) is 11.3 Å². The molecule has 0 atom stereocenters. The van der Waals surface area contributed by atoms with E-state index in [1.165, 1.54) is 10.9 Å². The second kappa shape index (κ2) is 8.97. The average Bonchev–Trinajstić information content (AvgIpc) is 3.25. The number of carbonyl (C=O) groups is 1. The lowest BCUT2D eigenvalue weighted by Crippen LogP contribution is -2.29. The molecule has 0 aliphatic rings. The molecule has 0 aliphatic carbocycles. The van der Waals surface area contributed by atoms with Gasteiger partial charge in [0.1, 0.15) is 11.5 Å². The number of fused-ring (bicyclic) bond motifs is 1. The van der Waals surface area contributed by atoms with E-state index >= 15 is 0 Å². The first-order valence-electron chi connectivity index (χ1n) is 9.76. The maximum atomic E-state index is 12.7. The van der Waals surface area contributed by atoms with Crippen molar-refractivity contribution >= 4 is 34.5 Å². The summed E-state index contributed by atoms with van der Waals surface area (Å²) in [6.07, 6.45) is 2.13. The fourth-order valence-corrected chi connectivity index (χ4v) is 3.29. The molecule has 1 N–H and O–H groups in total. The Hall–Kier alpha value is -3.71. The number of aryl methyl sites for hydroxylation is 1. The number of amides is 1. The molecule has 0 saturated heterocycles. The molecule has 0 aliphatic heterocycles. The number of nitrogens with zero attached hydrogens (tertiary/aromatic N) is 3. The Morgan fingerprint density at radius 2 is 1.87 bits per heavy atom. The predicted molar refractivity (Wildman–Crippen MR) is 121 cm³/mol. The molecule has 2 aromatic heterocycles. The van der Waals surface area contributed by atoms with Gasteiger partial charge in [0.15, 0.2) is 5.69 Å². The molecule has 8 heteroatoms. The third-order valence-corrected chi connectivity index (χ3v) is 4.88. The smallest absolute Gasteiger partial charge is 0.292 e. The Labute approximate surface area is 183 Å². The largest absolute Gasteiger partial charge is 0.455 e. The summed E-state index contributed by atoms with van der Waals surface area (Å²) in [4.78, 5) is 25.3. The van der Waals surface area contributed by atoms with Crippen LogP contribution in [0.1, 0.15) is 29.6 Å². The molecule has 7 nitrogen and oxygen atoms in total. The van der Waals surface area contributed by atoms with E-state index in [1.807, 2.05) is 25.1 Å². The Balaban J connectivity index is 1.55. The zero-order chi connectivity index (χ0) is 21.8. The van der Waals surface area contributed by atoms with Crippen molar-refractivity contribution in [2.75, 3.05) is 0 Å². The number of hydrogen-bond acceptors (Lipinski definition) is 5. The molecule has 0 radical (unpaired) electrons. The molecule has 0 saturated carbocycles. The van der Waals surface area contributed by atoms with Gasteiger partial charge in [-0.25, -0.2) is 10.1 Å². The third-order valence-electron chi connectivity index (χ3n) is 4.63. The van der Waals surface area contributed by atoms with Crippen LogP contribution in [0.2, 0.25) is 5.02 Å². The quantitative estimate of drug-likeness (QED) is 0.358. The first-order chi connectivity index (χ1) is 15.1. The van der Waals surface area contributed by atoms with Crippen molar-refractivity contribution in [2.45, 2.75) is 19.9 Å². The van der Waals surface area contributed by atoms with Crippen LogP contribution in [-0.4, -0.2) is 21.9 Å². The highest BCUT2D eigenvalue weighted by atomic mass is 35.5. The molecule has 0 fully saturated rings. The average molecular weight is 435 g/mol. The number of carbonyl (C=O) groups excluding carboxylic acids is 1. The summed E-state index contributed by atoms with van der Waals surface area (Å²) in [6, 6.07) is 17.7. The summed E-state index contributed by atoms with van der Waals surface area (Å²) in [5, 5.41) is 9.80. The Morgan fingerprint density at radius 1 is 1.13 bits per heavy atom. The summed E-state index contributed by atoms with van der Waals surface area (Å²) in [6.45, 7) is 2.36. The number of nitrogens with one attached hydrogen (secondary N) is 1. The molecule has 1 amide bonds. The molecular formula is C23H19ClN4O3. The summed E-state index contributed by atoms with van der Waals surface area (Å²) in [5.74, 6) is 0.615. The maximum absolute atomic E-state index is 12.7. The van der Waals surface area contributed by atoms with E-state index in [1.54, 1.807) is 42.5 Å². The van der Waals surface area contributed by atoms with E-state index < -0.39 is 5.91 Å². The molecule has 156 valence electrons. The van der Waals surface area contributed by atoms with Crippen molar-refractivity contribution < 1.29 is 9.21 Å². The van der Waals surface area contributed by atoms with Gasteiger partial charge in [-0.15, -0.1) is 0 Å². The van der Waals surface area contributed by atoms with Gasteiger partial charge < -0.3 is 4.42 Å². The summed E-state index contributed by atoms with van der Waals surface area (Å²) in [5.41, 5.74) is 3.26. The lowest BCUT2D eigenvalue weighted by atomic mass is 10.1. The van der Waals surface area contributed by atoms with Crippen LogP contribution in [0.25, 0.3) is 22.1 Å². The van der Waals surface area contributed by atoms with E-state index in [4.69, 9.17) is 16.0 Å². The molecule has 2 heterocycles. The SMILES string of the molecule is CCCn1nc(C(=O)N/N=C/c2ccc(-c3ccc(Cl)cc3)o2)c2ccccc2c1=O. The summed E-state index contributed by atoms with van der Waals surface area (Å²) < 4.78 is 7.04. The number of halogens is 1. The second-order valence-electron chi connectivity index (χ2n) is 6.83. The minimum Gasteiger partial charge on any atom is -0.455 e. The van der Waals surface area contributed by atoms with Gasteiger partial charge in [-0.05, 0) is 48.9 Å². The number of furan rings is 1. The first-order valence-corrected chi connectivity index (χ1v) is 10.1. The Morgan fingerprint density at radius 3 is 2.61 bits per heavy atom. The lowest BCUT2D eigenvalue weighted by molar-refractivity contribution is 0.0949. The lowest BCUT2D eigenvalue weighted by Gasteiger charge is -2.09. The summed E-state index contributed by atoms with van der Waals surface area (Å²) in [7, 11) is 0. The molecular weight excluding hydrogens is 416 g/mol. The number of hydrazone groups is 1. The van der Waals surface area contributed by atoms with E-state index in [-0.39, 0.29) is 11.3 Å². The fourth-order valence-electron chi connectivity index (χ4n) is 3.17. The van der Waals surface area contributed by atoms with E-state index in [0.717, 1.165) is 12.0 Å². The van der Waals surface area contributed by atoms with Gasteiger partial charge in [0.25, 0.3) is 11.5 Å². The number of aromatic nitrogens is 2. The van der Waals surface area contributed by atoms with Crippen LogP contribution >= 0.6 is 11.6 Å². The molecule has 0 bridgehead atoms. The topological polar surface area (TPSA) is 89.5 Å². The van der Waals surface area contributed by atoms with E-state index in [0.29, 0.717) is 33.9 Å². The zero-order valence-electron chi connectivity index (χ0n) is 16.7. The molecule has 4 aromatic rings. The molecule has 0 spiro atoms. The Kier molecular flexibility index (Phi) is 5.95. The highest BCUT2D eigenvalue weighted by Crippen LogP contribution is 2.23. The van der Waals surface area contributed by atoms with Crippen LogP contribution in [-0.2, 0) is 6.54 Å². The number of rotatable bonds is 6. The van der Waals surface area contributed by atoms with Crippen LogP contribution in [0, 0.1) is 0 Å². The van der Waals surface area contributed by atoms with Gasteiger partial charge in [-0.3, -0.25) is 9.59 Å². The van der Waals surface area contributed by atoms with Crippen molar-refractivity contribution in [3.63, 3.8) is 0 Å². The van der Waals surface area contributed by atoms with Crippen molar-refractivity contribution in [3.05, 3.63) is 87.5 Å².